The van der Waals surface area contributed by atoms with E-state index < -0.39 is 0 Å². The van der Waals surface area contributed by atoms with Crippen LogP contribution in [0.25, 0.3) is 0 Å². The molecule has 1 saturated carbocycles. The average molecular weight is 191 g/mol. The van der Waals surface area contributed by atoms with Gasteiger partial charge in [-0.3, -0.25) is 4.79 Å². The second-order valence-corrected chi connectivity index (χ2v) is 5.11. The van der Waals surface area contributed by atoms with Crippen LogP contribution in [-0.4, -0.2) is 10.5 Å². The molecule has 1 aromatic carbocycles. The summed E-state index contributed by atoms with van der Waals surface area (Å²) in [6, 6.07) is 5.57. The van der Waals surface area contributed by atoms with Crippen molar-refractivity contribution in [1.82, 2.24) is 0 Å². The zero-order valence-electron chi connectivity index (χ0n) is 7.04. The first kappa shape index (κ1) is 7.44. The third kappa shape index (κ3) is 0.879. The summed E-state index contributed by atoms with van der Waals surface area (Å²) in [5, 5.41) is 0. The van der Waals surface area contributed by atoms with Gasteiger partial charge in [0.1, 0.15) is 0 Å². The fourth-order valence-electron chi connectivity index (χ4n) is 1.76. The summed E-state index contributed by atoms with van der Waals surface area (Å²) in [6.07, 6.45) is 2.07. The van der Waals surface area contributed by atoms with E-state index in [2.05, 4.69) is 0 Å². The highest BCUT2D eigenvalue weighted by Gasteiger charge is 2.55. The molecule has 0 bridgehead atoms. The Kier molecular flexibility index (Phi) is 1.20. The fourth-order valence-corrected chi connectivity index (χ4v) is 3.15. The Labute approximate surface area is 80.5 Å². The number of carbonyl (C=O) groups is 1. The Morgan fingerprint density at radius 3 is 2.85 bits per heavy atom. The Balaban J connectivity index is 2.17. The molecule has 2 nitrogen and oxygen atoms in total. The number of Topliss-reactive ketones (excluding diaryl/α,β-unsaturated/α-hetero) is 1. The van der Waals surface area contributed by atoms with Crippen LogP contribution in [0, 0.1) is 0 Å². The zero-order chi connectivity index (χ0) is 9.05. The molecule has 0 aromatic heterocycles. The Morgan fingerprint density at radius 2 is 2.15 bits per heavy atom. The number of fused-ring (bicyclic) bond motifs is 1. The maximum Gasteiger partial charge on any atom is 0.180 e. The third-order valence-electron chi connectivity index (χ3n) is 2.67. The van der Waals surface area contributed by atoms with Gasteiger partial charge in [-0.15, -0.1) is 11.8 Å². The largest absolute Gasteiger partial charge is 0.399 e. The van der Waals surface area contributed by atoms with Gasteiger partial charge in [-0.1, -0.05) is 0 Å². The number of nitrogens with two attached hydrogens (primary N) is 1. The highest BCUT2D eigenvalue weighted by Crippen LogP contribution is 2.59. The lowest BCUT2D eigenvalue weighted by Gasteiger charge is -1.98. The molecule has 3 rings (SSSR count). The molecule has 3 heteroatoms. The summed E-state index contributed by atoms with van der Waals surface area (Å²) in [5.74, 6) is 0.313. The number of ketones is 1. The van der Waals surface area contributed by atoms with E-state index in [1.54, 1.807) is 17.8 Å². The summed E-state index contributed by atoms with van der Waals surface area (Å²) >= 11 is 1.70. The summed E-state index contributed by atoms with van der Waals surface area (Å²) in [4.78, 5) is 12.9. The lowest BCUT2D eigenvalue weighted by atomic mass is 10.1. The number of thioether (sulfide) groups is 1. The normalized spacial score (nSPS) is 22.0. The van der Waals surface area contributed by atoms with Crippen LogP contribution in [0.2, 0.25) is 0 Å². The molecule has 0 unspecified atom stereocenters. The van der Waals surface area contributed by atoms with Crippen molar-refractivity contribution in [2.75, 3.05) is 5.73 Å². The monoisotopic (exact) mass is 191 g/mol. The predicted molar refractivity (Wildman–Crippen MR) is 53.0 cm³/mol. The Morgan fingerprint density at radius 1 is 1.38 bits per heavy atom. The van der Waals surface area contributed by atoms with Crippen LogP contribution < -0.4 is 5.73 Å². The SMILES string of the molecule is Nc1ccc2c(c1)SC1(CC1)C2=O. The van der Waals surface area contributed by atoms with E-state index in [1.165, 1.54) is 0 Å². The Hall–Kier alpha value is -0.960. The highest BCUT2D eigenvalue weighted by atomic mass is 32.2. The molecule has 1 aromatic rings. The van der Waals surface area contributed by atoms with Gasteiger partial charge in [0.25, 0.3) is 0 Å². The lowest BCUT2D eigenvalue weighted by molar-refractivity contribution is 0.0983. The zero-order valence-corrected chi connectivity index (χ0v) is 7.86. The smallest absolute Gasteiger partial charge is 0.180 e. The van der Waals surface area contributed by atoms with Crippen molar-refractivity contribution in [2.24, 2.45) is 0 Å². The van der Waals surface area contributed by atoms with E-state index >= 15 is 0 Å². The summed E-state index contributed by atoms with van der Waals surface area (Å²) in [6.45, 7) is 0. The van der Waals surface area contributed by atoms with Crippen LogP contribution in [0.3, 0.4) is 0 Å². The first-order valence-electron chi connectivity index (χ1n) is 4.35. The van der Waals surface area contributed by atoms with Crippen molar-refractivity contribution in [3.8, 4) is 0 Å². The summed E-state index contributed by atoms with van der Waals surface area (Å²) in [7, 11) is 0. The summed E-state index contributed by atoms with van der Waals surface area (Å²) < 4.78 is -0.0733. The number of anilines is 1. The van der Waals surface area contributed by atoms with Crippen molar-refractivity contribution in [2.45, 2.75) is 22.5 Å². The second kappa shape index (κ2) is 2.10. The van der Waals surface area contributed by atoms with Crippen molar-refractivity contribution >= 4 is 23.2 Å². The van der Waals surface area contributed by atoms with Gasteiger partial charge in [0.15, 0.2) is 5.78 Å². The van der Waals surface area contributed by atoms with Crippen LogP contribution in [0.15, 0.2) is 23.1 Å². The van der Waals surface area contributed by atoms with Crippen LogP contribution in [0.1, 0.15) is 23.2 Å². The molecule has 1 fully saturated rings. The minimum atomic E-state index is -0.0733. The molecule has 1 heterocycles. The molecule has 0 saturated heterocycles. The van der Waals surface area contributed by atoms with Gasteiger partial charge in [0.05, 0.1) is 4.75 Å². The first-order valence-corrected chi connectivity index (χ1v) is 5.16. The van der Waals surface area contributed by atoms with E-state index in [-0.39, 0.29) is 4.75 Å². The van der Waals surface area contributed by atoms with Crippen molar-refractivity contribution < 1.29 is 4.79 Å². The minimum absolute atomic E-state index is 0.0733. The molecule has 0 radical (unpaired) electrons. The molecule has 0 amide bonds. The number of carbonyl (C=O) groups excluding carboxylic acids is 1. The fraction of sp³-hybridized carbons (Fsp3) is 0.300. The van der Waals surface area contributed by atoms with E-state index in [0.717, 1.165) is 29.0 Å². The van der Waals surface area contributed by atoms with Crippen LogP contribution in [0.5, 0.6) is 0 Å². The quantitative estimate of drug-likeness (QED) is 0.638. The van der Waals surface area contributed by atoms with Gasteiger partial charge in [-0.05, 0) is 31.0 Å². The average Bonchev–Trinajstić information content (AvgIpc) is 2.79. The third-order valence-corrected chi connectivity index (χ3v) is 4.22. The maximum absolute atomic E-state index is 11.8. The lowest BCUT2D eigenvalue weighted by Crippen LogP contribution is -2.11. The van der Waals surface area contributed by atoms with Crippen molar-refractivity contribution in [1.29, 1.82) is 0 Å². The van der Waals surface area contributed by atoms with Gasteiger partial charge in [-0.25, -0.2) is 0 Å². The second-order valence-electron chi connectivity index (χ2n) is 3.68. The van der Waals surface area contributed by atoms with Crippen LogP contribution in [-0.2, 0) is 0 Å². The van der Waals surface area contributed by atoms with Crippen molar-refractivity contribution in [3.05, 3.63) is 23.8 Å². The number of nitrogen functional groups attached to an aromatic ring is 1. The molecule has 1 spiro atoms. The van der Waals surface area contributed by atoms with Gasteiger partial charge in [0, 0.05) is 16.1 Å². The number of benzene rings is 1. The highest BCUT2D eigenvalue weighted by molar-refractivity contribution is 8.02. The standard InChI is InChI=1S/C10H9NOS/c11-6-1-2-7-8(5-6)13-10(3-4-10)9(7)12/h1-2,5H,3-4,11H2. The maximum atomic E-state index is 11.8. The molecule has 2 aliphatic rings. The molecule has 66 valence electrons. The topological polar surface area (TPSA) is 43.1 Å². The van der Waals surface area contributed by atoms with Crippen molar-refractivity contribution in [3.63, 3.8) is 0 Å². The van der Waals surface area contributed by atoms with Crippen LogP contribution >= 0.6 is 11.8 Å². The number of hydrogen-bond acceptors (Lipinski definition) is 3. The molecular weight excluding hydrogens is 182 g/mol. The number of rotatable bonds is 0. The van der Waals surface area contributed by atoms with E-state index in [0.29, 0.717) is 5.78 Å². The van der Waals surface area contributed by atoms with E-state index in [4.69, 9.17) is 5.73 Å². The van der Waals surface area contributed by atoms with Crippen LogP contribution in [0.4, 0.5) is 5.69 Å². The Bertz CT molecular complexity index is 409. The van der Waals surface area contributed by atoms with Gasteiger partial charge < -0.3 is 5.73 Å². The number of hydrogen-bond donors (Lipinski definition) is 1. The molecule has 13 heavy (non-hydrogen) atoms. The van der Waals surface area contributed by atoms with Gasteiger partial charge in [0.2, 0.25) is 0 Å². The van der Waals surface area contributed by atoms with Gasteiger partial charge >= 0.3 is 0 Å². The minimum Gasteiger partial charge on any atom is -0.399 e. The predicted octanol–water partition coefficient (Wildman–Crippen LogP) is 2.09. The first-order chi connectivity index (χ1) is 6.21. The van der Waals surface area contributed by atoms with E-state index in [9.17, 15) is 4.79 Å². The summed E-state index contributed by atoms with van der Waals surface area (Å²) in [5.41, 5.74) is 7.28. The molecule has 1 aliphatic heterocycles. The molecular formula is C10H9NOS. The molecule has 0 atom stereocenters. The van der Waals surface area contributed by atoms with Gasteiger partial charge in [-0.2, -0.15) is 0 Å². The van der Waals surface area contributed by atoms with E-state index in [1.807, 2.05) is 12.1 Å². The molecule has 1 aliphatic carbocycles. The molecule has 2 N–H and O–H groups in total.